The first-order valence-corrected chi connectivity index (χ1v) is 7.01. The Bertz CT molecular complexity index is 492. The van der Waals surface area contributed by atoms with Crippen LogP contribution in [0.4, 0.5) is 9.18 Å². The normalized spacial score (nSPS) is 17.1. The molecule has 1 fully saturated rings. The van der Waals surface area contributed by atoms with Gasteiger partial charge in [-0.05, 0) is 24.5 Å². The molecule has 0 aliphatic heterocycles. The molecule has 3 N–H and O–H groups in total. The molecule has 1 aromatic rings. The number of amides is 2. The first-order chi connectivity index (χ1) is 10.1. The van der Waals surface area contributed by atoms with Crippen molar-refractivity contribution in [2.75, 3.05) is 26.8 Å². The Hall–Kier alpha value is -1.66. The minimum absolute atomic E-state index is 0.117. The van der Waals surface area contributed by atoms with E-state index in [0.29, 0.717) is 12.1 Å². The third kappa shape index (κ3) is 4.15. The van der Waals surface area contributed by atoms with E-state index < -0.39 is 6.10 Å². The van der Waals surface area contributed by atoms with E-state index in [4.69, 9.17) is 4.74 Å². The molecule has 0 radical (unpaired) electrons. The molecule has 1 aliphatic carbocycles. The molecule has 2 rings (SSSR count). The molecule has 1 unspecified atom stereocenters. The average Bonchev–Trinajstić information content (AvgIpc) is 3.25. The minimum atomic E-state index is -0.734. The van der Waals surface area contributed by atoms with Crippen LogP contribution in [0, 0.1) is 5.82 Å². The largest absolute Gasteiger partial charge is 0.389 e. The molecule has 1 atom stereocenters. The number of nitrogens with one attached hydrogen (secondary N) is 2. The smallest absolute Gasteiger partial charge is 0.314 e. The van der Waals surface area contributed by atoms with Crippen LogP contribution in [0.5, 0.6) is 0 Å². The van der Waals surface area contributed by atoms with Gasteiger partial charge in [0.2, 0.25) is 0 Å². The number of urea groups is 1. The number of hydrogen-bond acceptors (Lipinski definition) is 3. The molecular formula is C15H21FN2O3. The molecule has 1 saturated carbocycles. The fraction of sp³-hybridized carbons (Fsp3) is 0.533. The maximum atomic E-state index is 13.8. The number of halogens is 1. The second-order valence-electron chi connectivity index (χ2n) is 5.43. The first kappa shape index (κ1) is 15.7. The fourth-order valence-corrected chi connectivity index (χ4v) is 2.36. The van der Waals surface area contributed by atoms with E-state index in [1.54, 1.807) is 18.2 Å². The lowest BCUT2D eigenvalue weighted by molar-refractivity contribution is 0.0659. The lowest BCUT2D eigenvalue weighted by Gasteiger charge is -2.18. The number of ether oxygens (including phenoxy) is 1. The zero-order chi connectivity index (χ0) is 15.3. The third-order valence-electron chi connectivity index (χ3n) is 3.74. The van der Waals surface area contributed by atoms with Crippen molar-refractivity contribution in [2.24, 2.45) is 0 Å². The van der Waals surface area contributed by atoms with E-state index in [2.05, 4.69) is 10.6 Å². The molecule has 1 aromatic carbocycles. The summed E-state index contributed by atoms with van der Waals surface area (Å²) in [6.45, 7) is 0.673. The van der Waals surface area contributed by atoms with Gasteiger partial charge in [0.05, 0.1) is 12.7 Å². The van der Waals surface area contributed by atoms with Crippen molar-refractivity contribution in [3.05, 3.63) is 35.6 Å². The number of hydrogen-bond donors (Lipinski definition) is 3. The second-order valence-corrected chi connectivity index (χ2v) is 5.43. The number of rotatable bonds is 7. The topological polar surface area (TPSA) is 70.6 Å². The van der Waals surface area contributed by atoms with Crippen molar-refractivity contribution in [2.45, 2.75) is 24.4 Å². The number of methoxy groups -OCH3 is 1. The molecule has 5 nitrogen and oxygen atoms in total. The van der Waals surface area contributed by atoms with Crippen molar-refractivity contribution in [1.29, 1.82) is 0 Å². The third-order valence-corrected chi connectivity index (χ3v) is 3.74. The number of carbonyl (C=O) groups is 1. The van der Waals surface area contributed by atoms with Crippen molar-refractivity contribution < 1.29 is 19.0 Å². The quantitative estimate of drug-likeness (QED) is 0.707. The van der Waals surface area contributed by atoms with Crippen LogP contribution in [0.25, 0.3) is 0 Å². The molecule has 21 heavy (non-hydrogen) atoms. The van der Waals surface area contributed by atoms with Crippen LogP contribution >= 0.6 is 0 Å². The number of aliphatic hydroxyl groups is 1. The van der Waals surface area contributed by atoms with Crippen LogP contribution in [-0.2, 0) is 10.2 Å². The highest BCUT2D eigenvalue weighted by Gasteiger charge is 2.45. The Kier molecular flexibility index (Phi) is 5.14. The van der Waals surface area contributed by atoms with Gasteiger partial charge in [0.1, 0.15) is 5.82 Å². The summed E-state index contributed by atoms with van der Waals surface area (Å²) in [5.41, 5.74) is 0.373. The summed E-state index contributed by atoms with van der Waals surface area (Å²) in [5.74, 6) is -0.229. The molecule has 6 heteroatoms. The summed E-state index contributed by atoms with van der Waals surface area (Å²) in [6, 6.07) is 6.31. The van der Waals surface area contributed by atoms with Crippen molar-refractivity contribution in [1.82, 2.24) is 10.6 Å². The average molecular weight is 296 g/mol. The monoisotopic (exact) mass is 296 g/mol. The van der Waals surface area contributed by atoms with Crippen LogP contribution in [-0.4, -0.2) is 44.0 Å². The van der Waals surface area contributed by atoms with Gasteiger partial charge in [-0.3, -0.25) is 0 Å². The van der Waals surface area contributed by atoms with E-state index in [9.17, 15) is 14.3 Å². The van der Waals surface area contributed by atoms with Gasteiger partial charge < -0.3 is 20.5 Å². The van der Waals surface area contributed by atoms with Gasteiger partial charge in [0.25, 0.3) is 0 Å². The SMILES string of the molecule is COCC(O)CNC(=O)NCC1(c2ccccc2F)CC1. The summed E-state index contributed by atoms with van der Waals surface area (Å²) in [4.78, 5) is 11.7. The van der Waals surface area contributed by atoms with Gasteiger partial charge in [-0.2, -0.15) is 0 Å². The molecule has 0 aromatic heterocycles. The lowest BCUT2D eigenvalue weighted by atomic mass is 9.95. The summed E-state index contributed by atoms with van der Waals surface area (Å²) in [7, 11) is 1.48. The zero-order valence-corrected chi connectivity index (χ0v) is 12.1. The first-order valence-electron chi connectivity index (χ1n) is 7.01. The van der Waals surface area contributed by atoms with Crippen LogP contribution in [0.2, 0.25) is 0 Å². The molecule has 0 saturated heterocycles. The Labute approximate surface area is 123 Å². The standard InChI is InChI=1S/C15H21FN2O3/c1-21-9-11(19)8-17-14(20)18-10-15(6-7-15)12-4-2-3-5-13(12)16/h2-5,11,19H,6-10H2,1H3,(H2,17,18,20). The van der Waals surface area contributed by atoms with Crippen LogP contribution in [0.1, 0.15) is 18.4 Å². The summed E-state index contributed by atoms with van der Waals surface area (Å²) in [6.07, 6.45) is 0.989. The van der Waals surface area contributed by atoms with Gasteiger partial charge >= 0.3 is 6.03 Å². The van der Waals surface area contributed by atoms with Crippen molar-refractivity contribution >= 4 is 6.03 Å². The number of carbonyl (C=O) groups excluding carboxylic acids is 1. The van der Waals surface area contributed by atoms with E-state index in [1.807, 2.05) is 0 Å². The van der Waals surface area contributed by atoms with E-state index in [0.717, 1.165) is 12.8 Å². The zero-order valence-electron chi connectivity index (χ0n) is 12.1. The van der Waals surface area contributed by atoms with Crippen molar-refractivity contribution in [3.63, 3.8) is 0 Å². The Balaban J connectivity index is 1.80. The lowest BCUT2D eigenvalue weighted by Crippen LogP contribution is -2.43. The second kappa shape index (κ2) is 6.87. The highest BCUT2D eigenvalue weighted by atomic mass is 19.1. The number of aliphatic hydroxyl groups excluding tert-OH is 1. The summed E-state index contributed by atoms with van der Waals surface area (Å²) in [5, 5.41) is 14.7. The van der Waals surface area contributed by atoms with E-state index in [-0.39, 0.29) is 30.4 Å². The number of benzene rings is 1. The molecule has 116 valence electrons. The van der Waals surface area contributed by atoms with Crippen molar-refractivity contribution in [3.8, 4) is 0 Å². The predicted molar refractivity (Wildman–Crippen MR) is 76.6 cm³/mol. The Morgan fingerprint density at radius 2 is 2.14 bits per heavy atom. The van der Waals surface area contributed by atoms with Crippen LogP contribution in [0.3, 0.4) is 0 Å². The fourth-order valence-electron chi connectivity index (χ4n) is 2.36. The molecule has 0 bridgehead atoms. The van der Waals surface area contributed by atoms with Gasteiger partial charge in [-0.1, -0.05) is 18.2 Å². The summed E-state index contributed by atoms with van der Waals surface area (Å²) >= 11 is 0. The van der Waals surface area contributed by atoms with E-state index >= 15 is 0 Å². The van der Waals surface area contributed by atoms with Gasteiger partial charge in [-0.25, -0.2) is 9.18 Å². The Morgan fingerprint density at radius 1 is 1.43 bits per heavy atom. The van der Waals surface area contributed by atoms with E-state index in [1.165, 1.54) is 13.2 Å². The van der Waals surface area contributed by atoms with Gasteiger partial charge in [0, 0.05) is 25.6 Å². The molecular weight excluding hydrogens is 275 g/mol. The molecule has 0 spiro atoms. The summed E-state index contributed by atoms with van der Waals surface area (Å²) < 4.78 is 18.6. The van der Waals surface area contributed by atoms with Gasteiger partial charge in [-0.15, -0.1) is 0 Å². The minimum Gasteiger partial charge on any atom is -0.389 e. The Morgan fingerprint density at radius 3 is 2.76 bits per heavy atom. The predicted octanol–water partition coefficient (Wildman–Crippen LogP) is 1.16. The maximum Gasteiger partial charge on any atom is 0.314 e. The molecule has 1 aliphatic rings. The molecule has 0 heterocycles. The maximum absolute atomic E-state index is 13.8. The highest BCUT2D eigenvalue weighted by Crippen LogP contribution is 2.48. The van der Waals surface area contributed by atoms with Crippen LogP contribution < -0.4 is 10.6 Å². The van der Waals surface area contributed by atoms with Gasteiger partial charge in [0.15, 0.2) is 0 Å². The highest BCUT2D eigenvalue weighted by molar-refractivity contribution is 5.74. The van der Waals surface area contributed by atoms with Crippen LogP contribution in [0.15, 0.2) is 24.3 Å². The molecule has 2 amide bonds.